The Kier molecular flexibility index (Phi) is 8.77. The number of piperidine rings is 1. The van der Waals surface area contributed by atoms with Gasteiger partial charge in [-0.2, -0.15) is 0 Å². The Bertz CT molecular complexity index is 1070. The summed E-state index contributed by atoms with van der Waals surface area (Å²) in [7, 11) is 1.33. The summed E-state index contributed by atoms with van der Waals surface area (Å²) in [5.41, 5.74) is -1.07. The van der Waals surface area contributed by atoms with Crippen molar-refractivity contribution in [2.75, 3.05) is 20.1 Å². The van der Waals surface area contributed by atoms with Crippen LogP contribution in [0, 0.1) is 34.0 Å². The minimum Gasteiger partial charge on any atom is -0.356 e. The Labute approximate surface area is 237 Å². The maximum absolute atomic E-state index is 14.0. The molecule has 2 unspecified atom stereocenters. The van der Waals surface area contributed by atoms with Crippen LogP contribution in [0.3, 0.4) is 0 Å². The third-order valence-electron chi connectivity index (χ3n) is 8.64. The van der Waals surface area contributed by atoms with Crippen molar-refractivity contribution in [2.45, 2.75) is 92.8 Å². The number of hydrogen-bond acceptors (Lipinski definition) is 6. The molecule has 4 N–H and O–H groups in total. The summed E-state index contributed by atoms with van der Waals surface area (Å²) in [5, 5.41) is 10.7. The van der Waals surface area contributed by atoms with Crippen molar-refractivity contribution in [1.82, 2.24) is 26.2 Å². The summed E-state index contributed by atoms with van der Waals surface area (Å²) < 4.78 is 0. The van der Waals surface area contributed by atoms with Crippen LogP contribution in [0.2, 0.25) is 0 Å². The molecule has 1 saturated carbocycles. The molecule has 0 aromatic carbocycles. The number of likely N-dealkylation sites (N-methyl/N-ethyl adjacent to an activating group) is 1. The largest absolute Gasteiger partial charge is 0.356 e. The molecular weight excluding hydrogens is 514 g/mol. The molecule has 2 heterocycles. The van der Waals surface area contributed by atoms with Gasteiger partial charge < -0.3 is 26.2 Å². The standard InChI is InChI=1S/C29H47N5O6/c1-27(2,3)13-18(35)33-22(28(4,5)6)26(40)34-14-16-19(29(16,7)8)20(34)24(38)32-17(21(36)25(39)30-9)12-15-10-11-31-23(15)37/h15-17,19-20,22H,10-14H2,1-9H3,(H,30,39)(H,31,37)(H,32,38)(H,33,35)/t15-,16-,17?,19-,20-,22?/m0/s1. The summed E-state index contributed by atoms with van der Waals surface area (Å²) in [6, 6.07) is -2.93. The van der Waals surface area contributed by atoms with E-state index in [1.165, 1.54) is 11.9 Å². The van der Waals surface area contributed by atoms with Crippen LogP contribution in [-0.4, -0.2) is 78.5 Å². The lowest BCUT2D eigenvalue weighted by Gasteiger charge is -2.38. The van der Waals surface area contributed by atoms with Gasteiger partial charge in [-0.15, -0.1) is 0 Å². The Balaban J connectivity index is 1.87. The number of ketones is 1. The van der Waals surface area contributed by atoms with E-state index in [1.54, 1.807) is 0 Å². The highest BCUT2D eigenvalue weighted by Crippen LogP contribution is 2.65. The lowest BCUT2D eigenvalue weighted by molar-refractivity contribution is -0.147. The van der Waals surface area contributed by atoms with Crippen LogP contribution in [0.4, 0.5) is 0 Å². The fourth-order valence-electron chi connectivity index (χ4n) is 6.25. The normalized spacial score (nSPS) is 26.7. The minimum absolute atomic E-state index is 0.00451. The van der Waals surface area contributed by atoms with E-state index in [2.05, 4.69) is 21.3 Å². The van der Waals surface area contributed by atoms with Gasteiger partial charge in [0, 0.05) is 32.5 Å². The average Bonchev–Trinajstić information content (AvgIpc) is 3.18. The molecule has 6 atom stereocenters. The van der Waals surface area contributed by atoms with Crippen LogP contribution < -0.4 is 21.3 Å². The lowest BCUT2D eigenvalue weighted by atomic mass is 9.84. The van der Waals surface area contributed by atoms with E-state index < -0.39 is 47.1 Å². The molecule has 11 nitrogen and oxygen atoms in total. The first kappa shape index (κ1) is 31.5. The van der Waals surface area contributed by atoms with Crippen LogP contribution >= 0.6 is 0 Å². The summed E-state index contributed by atoms with van der Waals surface area (Å²) in [6.45, 7) is 16.4. The number of carbonyl (C=O) groups excluding carboxylic acids is 6. The van der Waals surface area contributed by atoms with E-state index in [0.717, 1.165) is 0 Å². The van der Waals surface area contributed by atoms with Gasteiger partial charge in [-0.25, -0.2) is 0 Å². The maximum atomic E-state index is 14.0. The number of carbonyl (C=O) groups is 6. The van der Waals surface area contributed by atoms with Gasteiger partial charge in [0.15, 0.2) is 0 Å². The van der Waals surface area contributed by atoms with Crippen molar-refractivity contribution >= 4 is 35.3 Å². The van der Waals surface area contributed by atoms with E-state index in [0.29, 0.717) is 19.5 Å². The Morgan fingerprint density at radius 2 is 1.68 bits per heavy atom. The second-order valence-electron chi connectivity index (χ2n) is 14.5. The molecule has 2 saturated heterocycles. The van der Waals surface area contributed by atoms with E-state index >= 15 is 0 Å². The van der Waals surface area contributed by atoms with Crippen molar-refractivity contribution in [1.29, 1.82) is 0 Å². The Morgan fingerprint density at radius 3 is 2.17 bits per heavy atom. The number of Topliss-reactive ketones (excluding diaryl/α,β-unsaturated/α-hetero) is 1. The first-order valence-electron chi connectivity index (χ1n) is 14.2. The Morgan fingerprint density at radius 1 is 1.05 bits per heavy atom. The summed E-state index contributed by atoms with van der Waals surface area (Å²) in [6.07, 6.45) is 0.738. The third kappa shape index (κ3) is 6.66. The van der Waals surface area contributed by atoms with Crippen LogP contribution in [0.25, 0.3) is 0 Å². The molecule has 5 amide bonds. The van der Waals surface area contributed by atoms with Crippen LogP contribution in [-0.2, 0) is 28.8 Å². The second kappa shape index (κ2) is 11.1. The number of amides is 5. The summed E-state index contributed by atoms with van der Waals surface area (Å²) >= 11 is 0. The summed E-state index contributed by atoms with van der Waals surface area (Å²) in [4.78, 5) is 79.7. The average molecular weight is 562 g/mol. The monoisotopic (exact) mass is 561 g/mol. The number of nitrogens with zero attached hydrogens (tertiary/aromatic N) is 1. The number of rotatable bonds is 9. The zero-order valence-electron chi connectivity index (χ0n) is 25.4. The van der Waals surface area contributed by atoms with Crippen LogP contribution in [0.5, 0.6) is 0 Å². The van der Waals surface area contributed by atoms with E-state index in [1.807, 2.05) is 55.4 Å². The molecule has 11 heteroatoms. The third-order valence-corrected chi connectivity index (χ3v) is 8.64. The van der Waals surface area contributed by atoms with Gasteiger partial charge in [0.1, 0.15) is 12.1 Å². The predicted octanol–water partition coefficient (Wildman–Crippen LogP) is 0.763. The van der Waals surface area contributed by atoms with Gasteiger partial charge in [-0.3, -0.25) is 28.8 Å². The van der Waals surface area contributed by atoms with Gasteiger partial charge in [0.25, 0.3) is 5.91 Å². The van der Waals surface area contributed by atoms with Crippen molar-refractivity contribution in [3.8, 4) is 0 Å². The summed E-state index contributed by atoms with van der Waals surface area (Å²) in [5.74, 6) is -3.57. The zero-order chi connectivity index (χ0) is 30.4. The molecule has 0 spiro atoms. The number of hydrogen-bond donors (Lipinski definition) is 4. The second-order valence-corrected chi connectivity index (χ2v) is 14.5. The maximum Gasteiger partial charge on any atom is 0.289 e. The first-order valence-corrected chi connectivity index (χ1v) is 14.2. The van der Waals surface area contributed by atoms with Crippen LogP contribution in [0.15, 0.2) is 0 Å². The number of fused-ring (bicyclic) bond motifs is 1. The molecule has 40 heavy (non-hydrogen) atoms. The zero-order valence-corrected chi connectivity index (χ0v) is 25.4. The van der Waals surface area contributed by atoms with Gasteiger partial charge in [-0.05, 0) is 40.9 Å². The van der Waals surface area contributed by atoms with E-state index in [-0.39, 0.29) is 53.2 Å². The smallest absolute Gasteiger partial charge is 0.289 e. The first-order chi connectivity index (χ1) is 18.3. The lowest BCUT2D eigenvalue weighted by Crippen LogP contribution is -2.60. The molecule has 224 valence electrons. The molecule has 0 radical (unpaired) electrons. The number of nitrogens with one attached hydrogen (secondary N) is 4. The quantitative estimate of drug-likeness (QED) is 0.305. The molecule has 0 aromatic rings. The molecule has 3 aliphatic rings. The van der Waals surface area contributed by atoms with E-state index in [4.69, 9.17) is 0 Å². The highest BCUT2D eigenvalue weighted by molar-refractivity contribution is 6.38. The molecule has 3 fully saturated rings. The molecule has 3 rings (SSSR count). The topological polar surface area (TPSA) is 154 Å². The fourth-order valence-corrected chi connectivity index (χ4v) is 6.25. The van der Waals surface area contributed by atoms with Crippen LogP contribution in [0.1, 0.15) is 74.7 Å². The molecule has 1 aliphatic carbocycles. The minimum atomic E-state index is -1.20. The molecule has 2 aliphatic heterocycles. The molecule has 0 bridgehead atoms. The van der Waals surface area contributed by atoms with Gasteiger partial charge in [-0.1, -0.05) is 55.4 Å². The van der Waals surface area contributed by atoms with Gasteiger partial charge in [0.05, 0.1) is 6.04 Å². The van der Waals surface area contributed by atoms with Gasteiger partial charge >= 0.3 is 0 Å². The van der Waals surface area contributed by atoms with Crippen molar-refractivity contribution < 1.29 is 28.8 Å². The van der Waals surface area contributed by atoms with Gasteiger partial charge in [0.2, 0.25) is 29.4 Å². The molecule has 0 aromatic heterocycles. The molecular formula is C29H47N5O6. The Hall–Kier alpha value is -2.98. The van der Waals surface area contributed by atoms with Crippen molar-refractivity contribution in [3.63, 3.8) is 0 Å². The predicted molar refractivity (Wildman–Crippen MR) is 148 cm³/mol. The van der Waals surface area contributed by atoms with Crippen molar-refractivity contribution in [2.24, 2.45) is 34.0 Å². The fraction of sp³-hybridized carbons (Fsp3) is 0.793. The number of likely N-dealkylation sites (tertiary alicyclic amines) is 1. The van der Waals surface area contributed by atoms with E-state index in [9.17, 15) is 28.8 Å². The van der Waals surface area contributed by atoms with Crippen molar-refractivity contribution in [3.05, 3.63) is 0 Å². The highest BCUT2D eigenvalue weighted by Gasteiger charge is 2.70. The SMILES string of the molecule is CNC(=O)C(=O)C(C[C@@H]1CCNC1=O)NC(=O)[C@@H]1[C@@H]2[C@H](CN1C(=O)C(NC(=O)CC(C)(C)C)C(C)(C)C)C2(C)C. The highest BCUT2D eigenvalue weighted by atomic mass is 16.2.